The van der Waals surface area contributed by atoms with Crippen LogP contribution in [0.3, 0.4) is 0 Å². The van der Waals surface area contributed by atoms with E-state index in [1.807, 2.05) is 0 Å². The minimum Gasteiger partial charge on any atom is -0.389 e. The fraction of sp³-hybridized carbons (Fsp3) is 0.400. The second-order valence-electron chi connectivity index (χ2n) is 7.58. The predicted molar refractivity (Wildman–Crippen MR) is 105 cm³/mol. The number of benzene rings is 1. The second kappa shape index (κ2) is 8.85. The zero-order valence-corrected chi connectivity index (χ0v) is 17.8. The zero-order valence-electron chi connectivity index (χ0n) is 17.8. The number of esters is 4. The summed E-state index contributed by atoms with van der Waals surface area (Å²) in [6, 6.07) is 3.76. The predicted octanol–water partition coefficient (Wildman–Crippen LogP) is -0.984. The van der Waals surface area contributed by atoms with Gasteiger partial charge >= 0.3 is 23.9 Å². The van der Waals surface area contributed by atoms with Crippen molar-refractivity contribution in [3.63, 3.8) is 0 Å². The molecule has 0 aromatic heterocycles. The highest BCUT2D eigenvalue weighted by Crippen LogP contribution is 2.19. The molecule has 1 aromatic rings. The van der Waals surface area contributed by atoms with E-state index in [-0.39, 0.29) is 11.1 Å². The lowest BCUT2D eigenvalue weighted by Gasteiger charge is -2.11. The number of rotatable bonds is 4. The molecular formula is C20H22N4O8. The highest BCUT2D eigenvalue weighted by molar-refractivity contribution is 6.07. The third kappa shape index (κ3) is 4.36. The summed E-state index contributed by atoms with van der Waals surface area (Å²) >= 11 is 0. The number of carbonyl (C=O) groups is 6. The third-order valence-electron chi connectivity index (χ3n) is 5.24. The molecule has 170 valence electrons. The Kier molecular flexibility index (Phi) is 6.37. The van der Waals surface area contributed by atoms with Crippen LogP contribution in [-0.2, 0) is 28.7 Å². The topological polar surface area (TPSA) is 151 Å². The third-order valence-corrected chi connectivity index (χ3v) is 5.24. The molecule has 0 radical (unpaired) electrons. The van der Waals surface area contributed by atoms with Gasteiger partial charge in [-0.1, -0.05) is 0 Å². The van der Waals surface area contributed by atoms with Gasteiger partial charge in [0.2, 0.25) is 0 Å². The Bertz CT molecular complexity index is 913. The number of nitrogens with zero attached hydrogens (tertiary/aromatic N) is 2. The first-order chi connectivity index (χ1) is 15.0. The van der Waals surface area contributed by atoms with Gasteiger partial charge < -0.3 is 9.47 Å². The van der Waals surface area contributed by atoms with Crippen molar-refractivity contribution in [2.45, 2.75) is 25.9 Å². The number of hydrogen-bond acceptors (Lipinski definition) is 10. The fourth-order valence-corrected chi connectivity index (χ4v) is 3.51. The molecule has 4 atom stereocenters. The van der Waals surface area contributed by atoms with E-state index >= 15 is 0 Å². The van der Waals surface area contributed by atoms with Crippen molar-refractivity contribution in [2.24, 2.45) is 11.8 Å². The maximum Gasteiger partial charge on any atom is 0.345 e. The van der Waals surface area contributed by atoms with Crippen molar-refractivity contribution in [1.29, 1.82) is 0 Å². The van der Waals surface area contributed by atoms with Gasteiger partial charge in [0, 0.05) is 26.2 Å². The molecule has 0 saturated carbocycles. The van der Waals surface area contributed by atoms with Crippen molar-refractivity contribution in [3.8, 4) is 0 Å². The maximum absolute atomic E-state index is 12.2. The summed E-state index contributed by atoms with van der Waals surface area (Å²) in [4.78, 5) is 72.9. The molecule has 2 saturated heterocycles. The average molecular weight is 446 g/mol. The lowest BCUT2D eigenvalue weighted by Crippen LogP contribution is -2.33. The van der Waals surface area contributed by atoms with E-state index < -0.39 is 59.6 Å². The Morgan fingerprint density at radius 2 is 1.03 bits per heavy atom. The van der Waals surface area contributed by atoms with Crippen LogP contribution in [0.15, 0.2) is 24.3 Å². The summed E-state index contributed by atoms with van der Waals surface area (Å²) < 4.78 is 9.58. The average Bonchev–Trinajstić information content (AvgIpc) is 3.14. The van der Waals surface area contributed by atoms with Gasteiger partial charge in [-0.15, -0.1) is 0 Å². The van der Waals surface area contributed by atoms with Gasteiger partial charge in [0.15, 0.2) is 11.8 Å². The van der Waals surface area contributed by atoms with Gasteiger partial charge in [-0.2, -0.15) is 0 Å². The Labute approximate surface area is 182 Å². The summed E-state index contributed by atoms with van der Waals surface area (Å²) in [6.45, 7) is 3.21. The van der Waals surface area contributed by atoms with Gasteiger partial charge in [0.05, 0.1) is 11.1 Å². The Morgan fingerprint density at radius 3 is 1.28 bits per heavy atom. The highest BCUT2D eigenvalue weighted by Gasteiger charge is 2.44. The Morgan fingerprint density at radius 1 is 0.719 bits per heavy atom. The normalized spacial score (nSPS) is 25.1. The van der Waals surface area contributed by atoms with Crippen LogP contribution in [0.2, 0.25) is 0 Å². The van der Waals surface area contributed by atoms with Crippen LogP contribution in [0, 0.1) is 11.8 Å². The molecule has 4 unspecified atom stereocenters. The molecule has 2 aliphatic rings. The first kappa shape index (κ1) is 23.0. The van der Waals surface area contributed by atoms with E-state index in [1.165, 1.54) is 38.4 Å². The van der Waals surface area contributed by atoms with Crippen LogP contribution in [0.25, 0.3) is 0 Å². The minimum absolute atomic E-state index is 0.0499. The second-order valence-corrected chi connectivity index (χ2v) is 7.58. The Hall–Kier alpha value is -3.64. The fourth-order valence-electron chi connectivity index (χ4n) is 3.51. The van der Waals surface area contributed by atoms with Crippen molar-refractivity contribution in [2.75, 3.05) is 14.1 Å². The lowest BCUT2D eigenvalue weighted by molar-refractivity contribution is -0.150. The highest BCUT2D eigenvalue weighted by atomic mass is 16.6. The molecule has 1 aromatic carbocycles. The quantitative estimate of drug-likeness (QED) is 0.436. The van der Waals surface area contributed by atoms with Crippen molar-refractivity contribution in [3.05, 3.63) is 35.4 Å². The first-order valence-electron chi connectivity index (χ1n) is 9.70. The molecule has 2 N–H and O–H groups in total. The molecule has 2 heterocycles. The molecule has 2 amide bonds. The molecule has 3 rings (SSSR count). The van der Waals surface area contributed by atoms with E-state index in [9.17, 15) is 28.8 Å². The van der Waals surface area contributed by atoms with Crippen LogP contribution in [0.4, 0.5) is 0 Å². The molecule has 12 nitrogen and oxygen atoms in total. The molecule has 2 aliphatic heterocycles. The molecule has 32 heavy (non-hydrogen) atoms. The van der Waals surface area contributed by atoms with Crippen LogP contribution in [-0.4, -0.2) is 71.9 Å². The van der Waals surface area contributed by atoms with Crippen LogP contribution in [0.5, 0.6) is 0 Å². The summed E-state index contributed by atoms with van der Waals surface area (Å²) in [5.41, 5.74) is 5.38. The molecular weight excluding hydrogens is 424 g/mol. The number of hydrogen-bond donors (Lipinski definition) is 2. The number of amides is 2. The van der Waals surface area contributed by atoms with Crippen molar-refractivity contribution < 1.29 is 38.2 Å². The van der Waals surface area contributed by atoms with E-state index in [2.05, 4.69) is 10.9 Å². The maximum atomic E-state index is 12.2. The van der Waals surface area contributed by atoms with Crippen LogP contribution < -0.4 is 10.9 Å². The first-order valence-corrected chi connectivity index (χ1v) is 9.70. The number of nitrogens with one attached hydrogen (secondary N) is 2. The molecule has 0 bridgehead atoms. The summed E-state index contributed by atoms with van der Waals surface area (Å²) in [6.07, 6.45) is 0. The van der Waals surface area contributed by atoms with Crippen molar-refractivity contribution >= 4 is 35.7 Å². The van der Waals surface area contributed by atoms with E-state index in [0.29, 0.717) is 0 Å². The number of hydrazine groups is 2. The molecule has 2 fully saturated rings. The van der Waals surface area contributed by atoms with E-state index in [1.54, 1.807) is 13.8 Å². The van der Waals surface area contributed by atoms with Crippen molar-refractivity contribution in [1.82, 2.24) is 20.9 Å². The van der Waals surface area contributed by atoms with Gasteiger partial charge in [-0.05, 0) is 38.1 Å². The SMILES string of the molecule is CC1NN(C)C(=O)C1C(=O)OC(=O)c1ccc(C(=O)OC(=O)C2C(=O)N(C)NC2C)cc1. The smallest absolute Gasteiger partial charge is 0.345 e. The standard InChI is InChI=1S/C20H22N4O8/c1-9-13(15(25)23(3)21-9)19(29)31-17(27)11-5-7-12(8-6-11)18(28)32-20(30)14-10(2)22-24(4)16(14)26/h5-10,13-14,21-22H,1-4H3. The van der Waals surface area contributed by atoms with Crippen LogP contribution >= 0.6 is 0 Å². The summed E-state index contributed by atoms with van der Waals surface area (Å²) in [5, 5.41) is 2.30. The van der Waals surface area contributed by atoms with Gasteiger partial charge in [-0.25, -0.2) is 20.4 Å². The molecule has 12 heteroatoms. The van der Waals surface area contributed by atoms with Crippen LogP contribution in [0.1, 0.15) is 34.6 Å². The van der Waals surface area contributed by atoms with Gasteiger partial charge in [0.25, 0.3) is 11.8 Å². The number of ether oxygens (including phenoxy) is 2. The zero-order chi connectivity index (χ0) is 23.7. The van der Waals surface area contributed by atoms with Gasteiger partial charge in [0.1, 0.15) is 0 Å². The largest absolute Gasteiger partial charge is 0.389 e. The summed E-state index contributed by atoms with van der Waals surface area (Å²) in [5.74, 6) is -7.33. The monoisotopic (exact) mass is 446 g/mol. The Balaban J connectivity index is 1.60. The van der Waals surface area contributed by atoms with E-state index in [4.69, 9.17) is 9.47 Å². The van der Waals surface area contributed by atoms with Gasteiger partial charge in [-0.3, -0.25) is 29.2 Å². The molecule has 0 aliphatic carbocycles. The van der Waals surface area contributed by atoms with E-state index in [0.717, 1.165) is 10.0 Å². The minimum atomic E-state index is -1.15. The lowest BCUT2D eigenvalue weighted by atomic mass is 10.0. The molecule has 0 spiro atoms. The number of carbonyl (C=O) groups excluding carboxylic acids is 6. The summed E-state index contributed by atoms with van der Waals surface area (Å²) in [7, 11) is 2.91.